The zero-order valence-electron chi connectivity index (χ0n) is 10.9. The van der Waals surface area contributed by atoms with E-state index in [9.17, 15) is 0 Å². The number of ether oxygens (including phenoxy) is 1. The summed E-state index contributed by atoms with van der Waals surface area (Å²) < 4.78 is 5.31. The van der Waals surface area contributed by atoms with Gasteiger partial charge in [-0.25, -0.2) is 0 Å². The molecule has 1 aliphatic rings. The first-order valence-corrected chi connectivity index (χ1v) is 6.23. The van der Waals surface area contributed by atoms with Gasteiger partial charge in [0.15, 0.2) is 0 Å². The molecule has 1 aromatic rings. The number of aryl methyl sites for hydroxylation is 1. The lowest BCUT2D eigenvalue weighted by atomic mass is 9.84. The van der Waals surface area contributed by atoms with Crippen LogP contribution >= 0.6 is 0 Å². The molecule has 2 nitrogen and oxygen atoms in total. The normalized spacial score (nSPS) is 20.6. The maximum atomic E-state index is 6.14. The fourth-order valence-corrected chi connectivity index (χ4v) is 2.54. The molecular weight excluding hydrogens is 210 g/mol. The number of hydrogen-bond donors (Lipinski definition) is 1. The van der Waals surface area contributed by atoms with Gasteiger partial charge in [-0.2, -0.15) is 0 Å². The van der Waals surface area contributed by atoms with Gasteiger partial charge >= 0.3 is 0 Å². The molecule has 92 valence electrons. The minimum Gasteiger partial charge on any atom is -0.497 e. The smallest absolute Gasteiger partial charge is 0.119 e. The molecule has 0 spiro atoms. The van der Waals surface area contributed by atoms with Gasteiger partial charge in [0.1, 0.15) is 5.75 Å². The summed E-state index contributed by atoms with van der Waals surface area (Å²) in [6.45, 7) is 4.31. The highest BCUT2D eigenvalue weighted by Gasteiger charge is 2.18. The Morgan fingerprint density at radius 3 is 2.76 bits per heavy atom. The molecule has 0 saturated carbocycles. The fourth-order valence-electron chi connectivity index (χ4n) is 2.54. The highest BCUT2D eigenvalue weighted by atomic mass is 16.5. The summed E-state index contributed by atoms with van der Waals surface area (Å²) in [6.07, 6.45) is 3.43. The van der Waals surface area contributed by atoms with Crippen LogP contribution in [0.3, 0.4) is 0 Å². The Hall–Kier alpha value is -1.28. The van der Waals surface area contributed by atoms with Crippen molar-refractivity contribution in [3.63, 3.8) is 0 Å². The van der Waals surface area contributed by atoms with Crippen molar-refractivity contribution < 1.29 is 4.74 Å². The van der Waals surface area contributed by atoms with Crippen LogP contribution in [0, 0.1) is 6.92 Å². The zero-order chi connectivity index (χ0) is 12.4. The zero-order valence-corrected chi connectivity index (χ0v) is 10.9. The fraction of sp³-hybridized carbons (Fsp3) is 0.467. The van der Waals surface area contributed by atoms with E-state index >= 15 is 0 Å². The molecule has 2 rings (SSSR count). The van der Waals surface area contributed by atoms with Crippen LogP contribution in [0.5, 0.6) is 5.75 Å². The molecule has 0 radical (unpaired) electrons. The molecule has 0 fully saturated rings. The highest BCUT2D eigenvalue weighted by Crippen LogP contribution is 2.34. The average molecular weight is 231 g/mol. The molecule has 0 aromatic heterocycles. The second-order valence-electron chi connectivity index (χ2n) is 4.84. The van der Waals surface area contributed by atoms with E-state index in [1.54, 1.807) is 7.11 Å². The second kappa shape index (κ2) is 4.92. The van der Waals surface area contributed by atoms with E-state index in [0.29, 0.717) is 0 Å². The Bertz CT molecular complexity index is 448. The number of benzene rings is 1. The van der Waals surface area contributed by atoms with Crippen molar-refractivity contribution in [3.8, 4) is 5.75 Å². The van der Waals surface area contributed by atoms with Gasteiger partial charge in [0, 0.05) is 6.04 Å². The first kappa shape index (κ1) is 12.2. The van der Waals surface area contributed by atoms with Gasteiger partial charge in [0.25, 0.3) is 0 Å². The van der Waals surface area contributed by atoms with E-state index in [0.717, 1.165) is 18.6 Å². The van der Waals surface area contributed by atoms with Crippen molar-refractivity contribution in [1.82, 2.24) is 0 Å². The first-order chi connectivity index (χ1) is 8.13. The third-order valence-electron chi connectivity index (χ3n) is 3.74. The predicted molar refractivity (Wildman–Crippen MR) is 72.2 cm³/mol. The minimum absolute atomic E-state index is 0.226. The number of hydrogen-bond acceptors (Lipinski definition) is 2. The third-order valence-corrected chi connectivity index (χ3v) is 3.74. The van der Waals surface area contributed by atoms with Crippen LogP contribution in [-0.4, -0.2) is 13.2 Å². The van der Waals surface area contributed by atoms with Crippen LogP contribution in [0.2, 0.25) is 0 Å². The van der Waals surface area contributed by atoms with Crippen molar-refractivity contribution in [3.05, 3.63) is 34.9 Å². The lowest BCUT2D eigenvalue weighted by molar-refractivity contribution is 0.414. The lowest BCUT2D eigenvalue weighted by Gasteiger charge is -2.25. The molecule has 0 heterocycles. The minimum atomic E-state index is 0.226. The quantitative estimate of drug-likeness (QED) is 0.847. The number of methoxy groups -OCH3 is 1. The largest absolute Gasteiger partial charge is 0.497 e. The Morgan fingerprint density at radius 1 is 1.29 bits per heavy atom. The topological polar surface area (TPSA) is 35.2 Å². The molecule has 1 atom stereocenters. The molecule has 0 saturated heterocycles. The van der Waals surface area contributed by atoms with Gasteiger partial charge < -0.3 is 10.5 Å². The summed E-state index contributed by atoms with van der Waals surface area (Å²) in [5, 5.41) is 0. The maximum absolute atomic E-state index is 6.14. The van der Waals surface area contributed by atoms with Crippen LogP contribution in [0.1, 0.15) is 37.3 Å². The molecule has 0 aliphatic heterocycles. The number of rotatable bonds is 2. The molecule has 2 heteroatoms. The summed E-state index contributed by atoms with van der Waals surface area (Å²) in [7, 11) is 1.71. The van der Waals surface area contributed by atoms with E-state index in [1.165, 1.54) is 28.7 Å². The molecular formula is C15H21NO. The maximum Gasteiger partial charge on any atom is 0.119 e. The average Bonchev–Trinajstić information content (AvgIpc) is 2.34. The third kappa shape index (κ3) is 2.37. The van der Waals surface area contributed by atoms with Gasteiger partial charge in [-0.05, 0) is 61.9 Å². The summed E-state index contributed by atoms with van der Waals surface area (Å²) in [5.74, 6) is 0.921. The van der Waals surface area contributed by atoms with Crippen molar-refractivity contribution in [1.29, 1.82) is 0 Å². The summed E-state index contributed by atoms with van der Waals surface area (Å²) in [5.41, 5.74) is 11.5. The Kier molecular flexibility index (Phi) is 3.53. The standard InChI is InChI=1S/C15H21NO/c1-10-7-8-12(17-3)9-14(10)13-5-4-6-15(16)11(13)2/h7-9,15H,4-6,16H2,1-3H3. The van der Waals surface area contributed by atoms with Crippen LogP contribution in [0.15, 0.2) is 23.8 Å². The van der Waals surface area contributed by atoms with Crippen LogP contribution in [0.4, 0.5) is 0 Å². The van der Waals surface area contributed by atoms with Crippen LogP contribution in [-0.2, 0) is 0 Å². The van der Waals surface area contributed by atoms with Gasteiger partial charge in [-0.3, -0.25) is 0 Å². The molecule has 1 unspecified atom stereocenters. The highest BCUT2D eigenvalue weighted by molar-refractivity contribution is 5.73. The molecule has 1 aromatic carbocycles. The summed E-state index contributed by atoms with van der Waals surface area (Å²) in [6, 6.07) is 6.49. The predicted octanol–water partition coefficient (Wildman–Crippen LogP) is 3.29. The molecule has 17 heavy (non-hydrogen) atoms. The Morgan fingerprint density at radius 2 is 2.06 bits per heavy atom. The molecule has 1 aliphatic carbocycles. The van der Waals surface area contributed by atoms with Gasteiger partial charge in [-0.15, -0.1) is 0 Å². The van der Waals surface area contributed by atoms with Gasteiger partial charge in [0.2, 0.25) is 0 Å². The molecule has 2 N–H and O–H groups in total. The Labute approximate surface area is 103 Å². The van der Waals surface area contributed by atoms with E-state index in [-0.39, 0.29) is 6.04 Å². The number of allylic oxidation sites excluding steroid dienone is 1. The van der Waals surface area contributed by atoms with Crippen LogP contribution in [0.25, 0.3) is 5.57 Å². The first-order valence-electron chi connectivity index (χ1n) is 6.23. The van der Waals surface area contributed by atoms with Crippen LogP contribution < -0.4 is 10.5 Å². The van der Waals surface area contributed by atoms with Crippen molar-refractivity contribution in [2.24, 2.45) is 5.73 Å². The van der Waals surface area contributed by atoms with E-state index in [2.05, 4.69) is 26.0 Å². The SMILES string of the molecule is COc1ccc(C)c(C2=C(C)C(N)CCC2)c1. The van der Waals surface area contributed by atoms with E-state index in [1.807, 2.05) is 6.07 Å². The second-order valence-corrected chi connectivity index (χ2v) is 4.84. The van der Waals surface area contributed by atoms with Crippen molar-refractivity contribution >= 4 is 5.57 Å². The van der Waals surface area contributed by atoms with Gasteiger partial charge in [0.05, 0.1) is 7.11 Å². The molecule has 0 amide bonds. The Balaban J connectivity index is 2.49. The van der Waals surface area contributed by atoms with E-state index in [4.69, 9.17) is 10.5 Å². The van der Waals surface area contributed by atoms with Crippen molar-refractivity contribution in [2.45, 2.75) is 39.2 Å². The number of nitrogens with two attached hydrogens (primary N) is 1. The van der Waals surface area contributed by atoms with E-state index < -0.39 is 0 Å². The van der Waals surface area contributed by atoms with Crippen molar-refractivity contribution in [2.75, 3.05) is 7.11 Å². The lowest BCUT2D eigenvalue weighted by Crippen LogP contribution is -2.25. The summed E-state index contributed by atoms with van der Waals surface area (Å²) >= 11 is 0. The molecule has 0 bridgehead atoms. The summed E-state index contributed by atoms with van der Waals surface area (Å²) in [4.78, 5) is 0. The monoisotopic (exact) mass is 231 g/mol. The van der Waals surface area contributed by atoms with Gasteiger partial charge in [-0.1, -0.05) is 11.6 Å².